The molecule has 192 valence electrons. The Kier molecular flexibility index (Phi) is 10.2. The Labute approximate surface area is 256 Å². The zero-order chi connectivity index (χ0) is 26.4. The Hall–Kier alpha value is -0.553. The van der Waals surface area contributed by atoms with E-state index in [0.717, 1.165) is 3.14 Å². The fourth-order valence-corrected chi connectivity index (χ4v) is 38.7. The van der Waals surface area contributed by atoms with Gasteiger partial charge in [-0.05, 0) is 0 Å². The van der Waals surface area contributed by atoms with Crippen molar-refractivity contribution >= 4 is 109 Å². The molecule has 0 nitrogen and oxygen atoms in total. The van der Waals surface area contributed by atoms with Crippen LogP contribution in [-0.2, 0) is 0 Å². The maximum atomic E-state index is 5.75. The van der Waals surface area contributed by atoms with Crippen LogP contribution in [0.5, 0.6) is 0 Å². The van der Waals surface area contributed by atoms with Crippen LogP contribution in [0, 0.1) is 3.14 Å². The van der Waals surface area contributed by atoms with Crippen molar-refractivity contribution in [2.75, 3.05) is 7.54 Å². The number of benzene rings is 4. The maximum absolute atomic E-state index is 5.75. The Morgan fingerprint density at radius 2 is 0.763 bits per heavy atom. The standard InChI is InChI=1S/4C6H5.C5H4S5.2CH3.2Sn/c4*1-2-4-6-5-3-1;1-7-3-4(8-2)10-5(6)9-3;;;;/h4*1-5H;1-2H2;2*1H3;;. The van der Waals surface area contributed by atoms with Crippen LogP contribution in [0.1, 0.15) is 0 Å². The summed E-state index contributed by atoms with van der Waals surface area (Å²) in [6, 6.07) is 45.0. The van der Waals surface area contributed by atoms with Crippen LogP contribution in [0.2, 0.25) is 9.88 Å². The van der Waals surface area contributed by atoms with Gasteiger partial charge in [-0.15, -0.1) is 0 Å². The third-order valence-electron chi connectivity index (χ3n) is 7.15. The van der Waals surface area contributed by atoms with Gasteiger partial charge in [0.25, 0.3) is 0 Å². The monoisotopic (exact) mass is 802 g/mol. The average Bonchev–Trinajstić information content (AvgIpc) is 3.35. The van der Waals surface area contributed by atoms with Gasteiger partial charge < -0.3 is 0 Å². The van der Waals surface area contributed by atoms with E-state index in [0.29, 0.717) is 0 Å². The number of hydrogen-bond donors (Lipinski definition) is 0. The zero-order valence-electron chi connectivity index (χ0n) is 21.5. The van der Waals surface area contributed by atoms with E-state index >= 15 is 0 Å². The van der Waals surface area contributed by atoms with E-state index in [-0.39, 0.29) is 0 Å². The second-order valence-corrected chi connectivity index (χ2v) is 42.2. The molecule has 4 aromatic carbocycles. The minimum atomic E-state index is -2.86. The fraction of sp³-hybridized carbons (Fsp3) is 0.129. The van der Waals surface area contributed by atoms with E-state index in [1.165, 1.54) is 16.0 Å². The van der Waals surface area contributed by atoms with Crippen LogP contribution in [0.25, 0.3) is 0 Å². The summed E-state index contributed by atoms with van der Waals surface area (Å²) in [5.41, 5.74) is 0. The fourth-order valence-electron chi connectivity index (χ4n) is 4.74. The molecule has 0 atom stereocenters. The molecule has 0 amide bonds. The second kappa shape index (κ2) is 13.4. The SMILES string of the molecule is [CH3][Sn]([CH2]Sc1sc(=S)sc1S[CH2][Sn]([CH3])([c]1ccccc1)[c]1ccccc1)([c]1ccccc1)[c]1ccccc1. The van der Waals surface area contributed by atoms with Gasteiger partial charge in [0.1, 0.15) is 0 Å². The molecule has 0 bridgehead atoms. The Morgan fingerprint density at radius 3 is 1.03 bits per heavy atom. The quantitative estimate of drug-likeness (QED) is 0.0813. The van der Waals surface area contributed by atoms with Gasteiger partial charge in [0.15, 0.2) is 0 Å². The molecule has 0 fully saturated rings. The summed E-state index contributed by atoms with van der Waals surface area (Å²) < 4.78 is 12.5. The molecule has 0 aliphatic heterocycles. The van der Waals surface area contributed by atoms with Crippen LogP contribution in [0.4, 0.5) is 0 Å². The Morgan fingerprint density at radius 1 is 0.500 bits per heavy atom. The molecule has 0 N–H and O–H groups in total. The molecule has 0 radical (unpaired) electrons. The van der Waals surface area contributed by atoms with E-state index in [2.05, 4.69) is 155 Å². The summed E-state index contributed by atoms with van der Waals surface area (Å²) in [5.74, 6) is 0. The second-order valence-electron chi connectivity index (χ2n) is 9.73. The molecule has 38 heavy (non-hydrogen) atoms. The van der Waals surface area contributed by atoms with Gasteiger partial charge in [-0.1, -0.05) is 0 Å². The zero-order valence-corrected chi connectivity index (χ0v) is 31.3. The molecule has 0 saturated carbocycles. The third kappa shape index (κ3) is 6.66. The molecule has 0 saturated heterocycles. The number of hydrogen-bond acceptors (Lipinski definition) is 5. The molecule has 0 aliphatic carbocycles. The summed E-state index contributed by atoms with van der Waals surface area (Å²) in [6.45, 7) is 0. The van der Waals surface area contributed by atoms with E-state index in [9.17, 15) is 0 Å². The van der Waals surface area contributed by atoms with Crippen molar-refractivity contribution in [1.82, 2.24) is 0 Å². The van der Waals surface area contributed by atoms with E-state index in [1.54, 1.807) is 14.3 Å². The van der Waals surface area contributed by atoms with Gasteiger partial charge in [-0.2, -0.15) is 0 Å². The predicted molar refractivity (Wildman–Crippen MR) is 182 cm³/mol. The first-order chi connectivity index (χ1) is 18.5. The topological polar surface area (TPSA) is 0 Å². The summed E-state index contributed by atoms with van der Waals surface area (Å²) in [4.78, 5) is 5.17. The predicted octanol–water partition coefficient (Wildman–Crippen LogP) is 7.59. The first-order valence-corrected chi connectivity index (χ1v) is 32.1. The molecule has 0 aliphatic rings. The van der Waals surface area contributed by atoms with Crippen molar-refractivity contribution in [1.29, 1.82) is 0 Å². The summed E-state index contributed by atoms with van der Waals surface area (Å²) in [5, 5.41) is 0. The third-order valence-corrected chi connectivity index (χ3v) is 44.1. The van der Waals surface area contributed by atoms with Gasteiger partial charge >= 0.3 is 260 Å². The molecule has 7 heteroatoms. The Balaban J connectivity index is 1.42. The van der Waals surface area contributed by atoms with E-state index in [4.69, 9.17) is 12.2 Å². The van der Waals surface area contributed by atoms with Crippen LogP contribution < -0.4 is 14.3 Å². The normalized spacial score (nSPS) is 11.9. The van der Waals surface area contributed by atoms with Gasteiger partial charge in [0.05, 0.1) is 0 Å². The van der Waals surface area contributed by atoms with Crippen molar-refractivity contribution in [3.8, 4) is 0 Å². The molecular formula is C31H30S5Sn2. The van der Waals surface area contributed by atoms with Crippen LogP contribution >= 0.6 is 58.4 Å². The number of rotatable bonds is 10. The summed E-state index contributed by atoms with van der Waals surface area (Å²) in [6.07, 6.45) is 0. The summed E-state index contributed by atoms with van der Waals surface area (Å²) in [7, 11) is 0. The first kappa shape index (κ1) is 29.0. The van der Waals surface area contributed by atoms with Gasteiger partial charge in [0.2, 0.25) is 0 Å². The summed E-state index contributed by atoms with van der Waals surface area (Å²) >= 11 is 7.81. The molecule has 0 unspecified atom stereocenters. The Bertz CT molecular complexity index is 1310. The van der Waals surface area contributed by atoms with Crippen molar-refractivity contribution in [2.45, 2.75) is 18.3 Å². The van der Waals surface area contributed by atoms with Gasteiger partial charge in [0, 0.05) is 0 Å². The van der Waals surface area contributed by atoms with E-state index < -0.39 is 36.8 Å². The minimum absolute atomic E-state index is 1.04. The van der Waals surface area contributed by atoms with Crippen molar-refractivity contribution in [3.05, 3.63) is 124 Å². The number of thioether (sulfide) groups is 2. The van der Waals surface area contributed by atoms with Crippen LogP contribution in [0.3, 0.4) is 0 Å². The average molecular weight is 800 g/mol. The van der Waals surface area contributed by atoms with Crippen LogP contribution in [-0.4, -0.2) is 44.3 Å². The van der Waals surface area contributed by atoms with Gasteiger partial charge in [-0.25, -0.2) is 0 Å². The van der Waals surface area contributed by atoms with Crippen molar-refractivity contribution in [2.24, 2.45) is 0 Å². The van der Waals surface area contributed by atoms with Crippen LogP contribution in [0.15, 0.2) is 130 Å². The molecule has 1 aromatic heterocycles. The molecule has 5 rings (SSSR count). The van der Waals surface area contributed by atoms with E-state index in [1.807, 2.05) is 22.7 Å². The molecule has 0 spiro atoms. The van der Waals surface area contributed by atoms with Gasteiger partial charge in [-0.3, -0.25) is 0 Å². The molecule has 1 heterocycles. The molecule has 5 aromatic rings. The van der Waals surface area contributed by atoms with Crippen molar-refractivity contribution < 1.29 is 0 Å². The first-order valence-electron chi connectivity index (χ1n) is 12.6. The van der Waals surface area contributed by atoms with Crippen molar-refractivity contribution in [3.63, 3.8) is 0 Å². The molecular weight excluding hydrogens is 770 g/mol.